The number of amides is 3. The highest BCUT2D eigenvalue weighted by atomic mass is 16.5. The number of hydrogen-bond acceptors (Lipinski definition) is 3. The summed E-state index contributed by atoms with van der Waals surface area (Å²) >= 11 is 0. The largest absolute Gasteiger partial charge is 0.497 e. The van der Waals surface area contributed by atoms with E-state index in [2.05, 4.69) is 16.0 Å². The van der Waals surface area contributed by atoms with Gasteiger partial charge in [0.2, 0.25) is 5.91 Å². The van der Waals surface area contributed by atoms with Gasteiger partial charge >= 0.3 is 6.03 Å². The summed E-state index contributed by atoms with van der Waals surface area (Å²) in [7, 11) is 1.60. The van der Waals surface area contributed by atoms with Gasteiger partial charge in [0.25, 0.3) is 0 Å². The maximum absolute atomic E-state index is 12.2. The molecule has 0 aromatic heterocycles. The third-order valence-electron chi connectivity index (χ3n) is 3.35. The molecule has 2 aromatic rings. The molecular weight excluding hydrogens is 318 g/mol. The molecule has 3 N–H and O–H groups in total. The summed E-state index contributed by atoms with van der Waals surface area (Å²) < 4.78 is 5.10. The molecule has 0 aliphatic heterocycles. The van der Waals surface area contributed by atoms with E-state index in [0.29, 0.717) is 11.4 Å². The van der Waals surface area contributed by atoms with Crippen molar-refractivity contribution in [1.82, 2.24) is 5.32 Å². The smallest absolute Gasteiger partial charge is 0.319 e. The number of nitrogens with one attached hydrogen (secondary N) is 3. The summed E-state index contributed by atoms with van der Waals surface area (Å²) in [5.74, 6) is 0.622. The molecule has 132 valence electrons. The molecule has 0 atom stereocenters. The molecule has 0 heterocycles. The van der Waals surface area contributed by atoms with Crippen LogP contribution in [0.1, 0.15) is 19.4 Å². The number of methoxy groups -OCH3 is 1. The molecule has 6 heteroatoms. The van der Waals surface area contributed by atoms with Gasteiger partial charge in [0.05, 0.1) is 13.5 Å². The van der Waals surface area contributed by atoms with E-state index in [1.54, 1.807) is 31.4 Å². The highest BCUT2D eigenvalue weighted by Gasteiger charge is 2.07. The van der Waals surface area contributed by atoms with Crippen LogP contribution in [0.3, 0.4) is 0 Å². The Hall–Kier alpha value is -3.02. The molecule has 0 fully saturated rings. The van der Waals surface area contributed by atoms with Crippen LogP contribution in [0, 0.1) is 0 Å². The van der Waals surface area contributed by atoms with E-state index < -0.39 is 0 Å². The molecular formula is C19H23N3O3. The number of carbonyl (C=O) groups is 2. The normalized spacial score (nSPS) is 10.2. The fourth-order valence-electron chi connectivity index (χ4n) is 2.24. The number of benzene rings is 2. The summed E-state index contributed by atoms with van der Waals surface area (Å²) in [5.41, 5.74) is 2.13. The van der Waals surface area contributed by atoms with Gasteiger partial charge in [0, 0.05) is 17.4 Å². The van der Waals surface area contributed by atoms with Crippen LogP contribution in [0.25, 0.3) is 0 Å². The van der Waals surface area contributed by atoms with E-state index in [1.165, 1.54) is 0 Å². The standard InChI is InChI=1S/C19H23N3O3/c1-13(2)20-19(24)22-16-6-4-5-15(12-16)21-18(23)11-14-7-9-17(25-3)10-8-14/h4-10,12-13H,11H2,1-3H3,(H,21,23)(H2,20,22,24). The van der Waals surface area contributed by atoms with Crippen molar-refractivity contribution in [2.45, 2.75) is 26.3 Å². The zero-order chi connectivity index (χ0) is 18.2. The SMILES string of the molecule is COc1ccc(CC(=O)Nc2cccc(NC(=O)NC(C)C)c2)cc1. The summed E-state index contributed by atoms with van der Waals surface area (Å²) in [5, 5.41) is 8.31. The van der Waals surface area contributed by atoms with E-state index in [-0.39, 0.29) is 24.4 Å². The first-order valence-electron chi connectivity index (χ1n) is 8.06. The molecule has 0 saturated carbocycles. The first kappa shape index (κ1) is 18.3. The first-order valence-corrected chi connectivity index (χ1v) is 8.06. The Kier molecular flexibility index (Phi) is 6.39. The van der Waals surface area contributed by atoms with E-state index in [1.807, 2.05) is 38.1 Å². The number of urea groups is 1. The molecule has 0 aliphatic carbocycles. The summed E-state index contributed by atoms with van der Waals surface area (Å²) in [6.07, 6.45) is 0.259. The number of hydrogen-bond donors (Lipinski definition) is 3. The summed E-state index contributed by atoms with van der Waals surface area (Å²) in [6.45, 7) is 3.77. The predicted molar refractivity (Wildman–Crippen MR) is 99.1 cm³/mol. The van der Waals surface area contributed by atoms with Gasteiger partial charge in [-0.15, -0.1) is 0 Å². The molecule has 0 aliphatic rings. The minimum atomic E-state index is -0.281. The third kappa shape index (κ3) is 6.18. The van der Waals surface area contributed by atoms with Crippen LogP contribution in [0.4, 0.5) is 16.2 Å². The Morgan fingerprint density at radius 2 is 1.64 bits per heavy atom. The molecule has 0 radical (unpaired) electrons. The van der Waals surface area contributed by atoms with Crippen molar-refractivity contribution in [2.24, 2.45) is 0 Å². The number of anilines is 2. The van der Waals surface area contributed by atoms with Crippen LogP contribution in [-0.4, -0.2) is 25.1 Å². The van der Waals surface area contributed by atoms with Crippen LogP contribution in [-0.2, 0) is 11.2 Å². The maximum atomic E-state index is 12.2. The molecule has 3 amide bonds. The second-order valence-electron chi connectivity index (χ2n) is 5.91. The van der Waals surface area contributed by atoms with Crippen LogP contribution >= 0.6 is 0 Å². The lowest BCUT2D eigenvalue weighted by Crippen LogP contribution is -2.34. The van der Waals surface area contributed by atoms with E-state index in [4.69, 9.17) is 4.74 Å². The lowest BCUT2D eigenvalue weighted by atomic mass is 10.1. The number of ether oxygens (including phenoxy) is 1. The van der Waals surface area contributed by atoms with Gasteiger partial charge in [-0.25, -0.2) is 4.79 Å². The van der Waals surface area contributed by atoms with Gasteiger partial charge in [-0.2, -0.15) is 0 Å². The first-order chi connectivity index (χ1) is 12.0. The van der Waals surface area contributed by atoms with Crippen molar-refractivity contribution in [3.05, 3.63) is 54.1 Å². The third-order valence-corrected chi connectivity index (χ3v) is 3.35. The Morgan fingerprint density at radius 3 is 2.24 bits per heavy atom. The molecule has 6 nitrogen and oxygen atoms in total. The Labute approximate surface area is 147 Å². The minimum absolute atomic E-state index is 0.0485. The lowest BCUT2D eigenvalue weighted by Gasteiger charge is -2.11. The lowest BCUT2D eigenvalue weighted by molar-refractivity contribution is -0.115. The van der Waals surface area contributed by atoms with Crippen LogP contribution in [0.5, 0.6) is 5.75 Å². The average molecular weight is 341 g/mol. The molecule has 0 saturated heterocycles. The van der Waals surface area contributed by atoms with Crippen molar-refractivity contribution >= 4 is 23.3 Å². The van der Waals surface area contributed by atoms with Crippen molar-refractivity contribution in [3.63, 3.8) is 0 Å². The molecule has 2 rings (SSSR count). The van der Waals surface area contributed by atoms with Gasteiger partial charge in [0.15, 0.2) is 0 Å². The quantitative estimate of drug-likeness (QED) is 0.753. The minimum Gasteiger partial charge on any atom is -0.497 e. The van der Waals surface area contributed by atoms with Gasteiger partial charge in [-0.3, -0.25) is 4.79 Å². The van der Waals surface area contributed by atoms with E-state index in [0.717, 1.165) is 11.3 Å². The topological polar surface area (TPSA) is 79.5 Å². The Balaban J connectivity index is 1.93. The van der Waals surface area contributed by atoms with Crippen molar-refractivity contribution < 1.29 is 14.3 Å². The molecule has 0 unspecified atom stereocenters. The van der Waals surface area contributed by atoms with Crippen molar-refractivity contribution in [3.8, 4) is 5.75 Å². The second kappa shape index (κ2) is 8.73. The van der Waals surface area contributed by atoms with Gasteiger partial charge in [0.1, 0.15) is 5.75 Å². The fraction of sp³-hybridized carbons (Fsp3) is 0.263. The average Bonchev–Trinajstić information content (AvgIpc) is 2.55. The van der Waals surface area contributed by atoms with Gasteiger partial charge in [-0.05, 0) is 49.7 Å². The fourth-order valence-corrected chi connectivity index (χ4v) is 2.24. The van der Waals surface area contributed by atoms with Crippen LogP contribution in [0.15, 0.2) is 48.5 Å². The van der Waals surface area contributed by atoms with Crippen LogP contribution < -0.4 is 20.7 Å². The van der Waals surface area contributed by atoms with E-state index in [9.17, 15) is 9.59 Å². The monoisotopic (exact) mass is 341 g/mol. The molecule has 2 aromatic carbocycles. The Bertz CT molecular complexity index is 727. The molecule has 0 spiro atoms. The maximum Gasteiger partial charge on any atom is 0.319 e. The second-order valence-corrected chi connectivity index (χ2v) is 5.91. The zero-order valence-electron chi connectivity index (χ0n) is 14.6. The van der Waals surface area contributed by atoms with Gasteiger partial charge in [-0.1, -0.05) is 18.2 Å². The Morgan fingerprint density at radius 1 is 1.00 bits per heavy atom. The zero-order valence-corrected chi connectivity index (χ0v) is 14.6. The summed E-state index contributed by atoms with van der Waals surface area (Å²) in [4.78, 5) is 23.9. The molecule has 0 bridgehead atoms. The van der Waals surface area contributed by atoms with E-state index >= 15 is 0 Å². The highest BCUT2D eigenvalue weighted by Crippen LogP contribution is 2.16. The predicted octanol–water partition coefficient (Wildman–Crippen LogP) is 3.41. The molecule has 25 heavy (non-hydrogen) atoms. The van der Waals surface area contributed by atoms with Crippen molar-refractivity contribution in [2.75, 3.05) is 17.7 Å². The highest BCUT2D eigenvalue weighted by molar-refractivity contribution is 5.94. The van der Waals surface area contributed by atoms with Crippen molar-refractivity contribution in [1.29, 1.82) is 0 Å². The number of carbonyl (C=O) groups excluding carboxylic acids is 2. The number of rotatable bonds is 6. The van der Waals surface area contributed by atoms with Gasteiger partial charge < -0.3 is 20.7 Å². The summed E-state index contributed by atoms with van der Waals surface area (Å²) in [6, 6.07) is 14.1. The van der Waals surface area contributed by atoms with Crippen LogP contribution in [0.2, 0.25) is 0 Å².